The van der Waals surface area contributed by atoms with Crippen molar-refractivity contribution in [2.45, 2.75) is 19.4 Å². The number of aromatic nitrogens is 1. The normalized spacial score (nSPS) is 17.5. The van der Waals surface area contributed by atoms with Crippen molar-refractivity contribution in [2.75, 3.05) is 13.1 Å². The molecule has 2 heterocycles. The molecule has 0 atom stereocenters. The average molecular weight is 280 g/mol. The van der Waals surface area contributed by atoms with Crippen LogP contribution in [0.1, 0.15) is 28.9 Å². The van der Waals surface area contributed by atoms with E-state index >= 15 is 0 Å². The van der Waals surface area contributed by atoms with E-state index in [9.17, 15) is 9.59 Å². The summed E-state index contributed by atoms with van der Waals surface area (Å²) in [6, 6.07) is 3.33. The zero-order chi connectivity index (χ0) is 13.4. The summed E-state index contributed by atoms with van der Waals surface area (Å²) in [6.07, 6.45) is 1.98. The van der Waals surface area contributed by atoms with Crippen molar-refractivity contribution >= 4 is 23.4 Å². The molecule has 1 N–H and O–H groups in total. The third-order valence-electron chi connectivity index (χ3n) is 3.43. The summed E-state index contributed by atoms with van der Waals surface area (Å²) in [5, 5.41) is 3.25. The molecular weight excluding hydrogens is 266 g/mol. The first-order valence-electron chi connectivity index (χ1n) is 6.37. The standard InChI is InChI=1S/C13H14ClN3O2/c14-11-4-3-9-10(16-11)7-17(13(9)19)6-5-15-12(18)8-1-2-8/h3-4,8H,1-2,5-7H2,(H,15,18). The Morgan fingerprint density at radius 3 is 3.00 bits per heavy atom. The van der Waals surface area contributed by atoms with Crippen LogP contribution in [0.3, 0.4) is 0 Å². The fourth-order valence-electron chi connectivity index (χ4n) is 2.20. The number of amides is 2. The van der Waals surface area contributed by atoms with Crippen LogP contribution in [0.2, 0.25) is 5.15 Å². The van der Waals surface area contributed by atoms with E-state index in [0.717, 1.165) is 12.8 Å². The minimum Gasteiger partial charge on any atom is -0.354 e. The predicted molar refractivity (Wildman–Crippen MR) is 69.7 cm³/mol. The summed E-state index contributed by atoms with van der Waals surface area (Å²) >= 11 is 5.81. The summed E-state index contributed by atoms with van der Waals surface area (Å²) in [4.78, 5) is 29.4. The highest BCUT2D eigenvalue weighted by Crippen LogP contribution is 2.28. The molecule has 0 bridgehead atoms. The molecule has 19 heavy (non-hydrogen) atoms. The summed E-state index contributed by atoms with van der Waals surface area (Å²) in [5.41, 5.74) is 1.32. The topological polar surface area (TPSA) is 62.3 Å². The van der Waals surface area contributed by atoms with Crippen molar-refractivity contribution < 1.29 is 9.59 Å². The number of hydrogen-bond donors (Lipinski definition) is 1. The molecular formula is C13H14ClN3O2. The third-order valence-corrected chi connectivity index (χ3v) is 3.64. The molecule has 0 saturated heterocycles. The summed E-state index contributed by atoms with van der Waals surface area (Å²) in [7, 11) is 0. The second-order valence-electron chi connectivity index (χ2n) is 4.92. The lowest BCUT2D eigenvalue weighted by atomic mass is 10.2. The summed E-state index contributed by atoms with van der Waals surface area (Å²) < 4.78 is 0. The first-order valence-corrected chi connectivity index (χ1v) is 6.75. The molecule has 3 rings (SSSR count). The number of carbonyl (C=O) groups excluding carboxylic acids is 2. The predicted octanol–water partition coefficient (Wildman–Crippen LogP) is 1.22. The van der Waals surface area contributed by atoms with Gasteiger partial charge in [0.1, 0.15) is 5.15 Å². The van der Waals surface area contributed by atoms with Crippen LogP contribution in [0.4, 0.5) is 0 Å². The molecule has 1 saturated carbocycles. The van der Waals surface area contributed by atoms with Crippen molar-refractivity contribution in [3.8, 4) is 0 Å². The highest BCUT2D eigenvalue weighted by molar-refractivity contribution is 6.29. The fraction of sp³-hybridized carbons (Fsp3) is 0.462. The van der Waals surface area contributed by atoms with E-state index in [1.165, 1.54) is 0 Å². The fourth-order valence-corrected chi connectivity index (χ4v) is 2.36. The van der Waals surface area contributed by atoms with Gasteiger partial charge in [-0.3, -0.25) is 9.59 Å². The quantitative estimate of drug-likeness (QED) is 0.843. The number of carbonyl (C=O) groups is 2. The first kappa shape index (κ1) is 12.4. The van der Waals surface area contributed by atoms with E-state index in [4.69, 9.17) is 11.6 Å². The van der Waals surface area contributed by atoms with Gasteiger partial charge < -0.3 is 10.2 Å². The number of pyridine rings is 1. The Bertz CT molecular complexity index is 543. The molecule has 0 spiro atoms. The number of halogens is 1. The maximum Gasteiger partial charge on any atom is 0.256 e. The Morgan fingerprint density at radius 2 is 2.26 bits per heavy atom. The number of nitrogens with zero attached hydrogens (tertiary/aromatic N) is 2. The van der Waals surface area contributed by atoms with Gasteiger partial charge in [-0.2, -0.15) is 0 Å². The minimum absolute atomic E-state index is 0.0418. The van der Waals surface area contributed by atoms with Gasteiger partial charge in [-0.1, -0.05) is 11.6 Å². The lowest BCUT2D eigenvalue weighted by Gasteiger charge is -2.15. The molecule has 1 aromatic heterocycles. The van der Waals surface area contributed by atoms with E-state index in [1.54, 1.807) is 17.0 Å². The van der Waals surface area contributed by atoms with Gasteiger partial charge in [-0.05, 0) is 25.0 Å². The van der Waals surface area contributed by atoms with E-state index < -0.39 is 0 Å². The molecule has 0 unspecified atom stereocenters. The van der Waals surface area contributed by atoms with Gasteiger partial charge >= 0.3 is 0 Å². The minimum atomic E-state index is -0.0418. The van der Waals surface area contributed by atoms with Gasteiger partial charge in [0.2, 0.25) is 5.91 Å². The number of hydrogen-bond acceptors (Lipinski definition) is 3. The Labute approximate surface area is 115 Å². The molecule has 1 aliphatic heterocycles. The van der Waals surface area contributed by atoms with Crippen LogP contribution in [-0.2, 0) is 11.3 Å². The first-order chi connectivity index (χ1) is 9.15. The number of rotatable bonds is 4. The zero-order valence-electron chi connectivity index (χ0n) is 10.4. The molecule has 5 nitrogen and oxygen atoms in total. The van der Waals surface area contributed by atoms with Crippen LogP contribution >= 0.6 is 11.6 Å². The van der Waals surface area contributed by atoms with Crippen LogP contribution in [0, 0.1) is 5.92 Å². The van der Waals surface area contributed by atoms with Crippen LogP contribution in [-0.4, -0.2) is 34.8 Å². The second-order valence-corrected chi connectivity index (χ2v) is 5.31. The lowest BCUT2D eigenvalue weighted by molar-refractivity contribution is -0.122. The summed E-state index contributed by atoms with van der Waals surface area (Å²) in [5.74, 6) is 0.261. The smallest absolute Gasteiger partial charge is 0.256 e. The molecule has 6 heteroatoms. The molecule has 100 valence electrons. The van der Waals surface area contributed by atoms with Gasteiger partial charge in [-0.15, -0.1) is 0 Å². The van der Waals surface area contributed by atoms with Crippen molar-refractivity contribution in [2.24, 2.45) is 5.92 Å². The maximum absolute atomic E-state index is 12.1. The van der Waals surface area contributed by atoms with Crippen LogP contribution in [0.15, 0.2) is 12.1 Å². The Morgan fingerprint density at radius 1 is 1.47 bits per heavy atom. The molecule has 2 aliphatic rings. The second kappa shape index (κ2) is 4.81. The van der Waals surface area contributed by atoms with E-state index in [1.807, 2.05) is 0 Å². The van der Waals surface area contributed by atoms with Crippen LogP contribution < -0.4 is 5.32 Å². The molecule has 1 fully saturated rings. The number of fused-ring (bicyclic) bond motifs is 1. The van der Waals surface area contributed by atoms with E-state index in [0.29, 0.717) is 36.0 Å². The van der Waals surface area contributed by atoms with Gasteiger partial charge in [0.05, 0.1) is 17.8 Å². The average Bonchev–Trinajstić information content (AvgIpc) is 3.17. The number of nitrogens with one attached hydrogen (secondary N) is 1. The van der Waals surface area contributed by atoms with Crippen molar-refractivity contribution in [3.63, 3.8) is 0 Å². The van der Waals surface area contributed by atoms with Crippen molar-refractivity contribution in [3.05, 3.63) is 28.5 Å². The summed E-state index contributed by atoms with van der Waals surface area (Å²) in [6.45, 7) is 1.46. The van der Waals surface area contributed by atoms with Gasteiger partial charge in [0.25, 0.3) is 5.91 Å². The lowest BCUT2D eigenvalue weighted by Crippen LogP contribution is -2.35. The Balaban J connectivity index is 1.56. The third kappa shape index (κ3) is 2.56. The maximum atomic E-state index is 12.1. The SMILES string of the molecule is O=C(NCCN1Cc2nc(Cl)ccc2C1=O)C1CC1. The van der Waals surface area contributed by atoms with E-state index in [-0.39, 0.29) is 17.7 Å². The molecule has 2 amide bonds. The van der Waals surface area contributed by atoms with Crippen LogP contribution in [0.25, 0.3) is 0 Å². The Kier molecular flexibility index (Phi) is 3.14. The highest BCUT2D eigenvalue weighted by atomic mass is 35.5. The molecule has 1 aliphatic carbocycles. The van der Waals surface area contributed by atoms with Gasteiger partial charge in [0.15, 0.2) is 0 Å². The van der Waals surface area contributed by atoms with Gasteiger partial charge in [0, 0.05) is 19.0 Å². The van der Waals surface area contributed by atoms with Crippen molar-refractivity contribution in [1.29, 1.82) is 0 Å². The highest BCUT2D eigenvalue weighted by Gasteiger charge is 2.31. The Hall–Kier alpha value is -1.62. The zero-order valence-corrected chi connectivity index (χ0v) is 11.1. The molecule has 1 aromatic rings. The molecule has 0 aromatic carbocycles. The van der Waals surface area contributed by atoms with Crippen LogP contribution in [0.5, 0.6) is 0 Å². The molecule has 0 radical (unpaired) electrons. The monoisotopic (exact) mass is 279 g/mol. The van der Waals surface area contributed by atoms with Gasteiger partial charge in [-0.25, -0.2) is 4.98 Å². The van der Waals surface area contributed by atoms with Crippen molar-refractivity contribution in [1.82, 2.24) is 15.2 Å². The van der Waals surface area contributed by atoms with E-state index in [2.05, 4.69) is 10.3 Å². The largest absolute Gasteiger partial charge is 0.354 e.